The number of carbonyl (C=O) groups excluding carboxylic acids is 1. The Hall–Kier alpha value is -1.89. The third-order valence-corrected chi connectivity index (χ3v) is 3.19. The number of benzene rings is 1. The number of ether oxygens (including phenoxy) is 3. The fourth-order valence-corrected chi connectivity index (χ4v) is 2.09. The molecule has 23 heavy (non-hydrogen) atoms. The van der Waals surface area contributed by atoms with Crippen LogP contribution in [-0.2, 0) is 16.0 Å². The summed E-state index contributed by atoms with van der Waals surface area (Å²) in [5.41, 5.74) is 0.756. The maximum Gasteiger partial charge on any atom is 0.387 e. The van der Waals surface area contributed by atoms with Crippen molar-refractivity contribution in [1.29, 1.82) is 0 Å². The van der Waals surface area contributed by atoms with E-state index in [1.807, 2.05) is 13.8 Å². The van der Waals surface area contributed by atoms with E-state index in [9.17, 15) is 13.6 Å². The van der Waals surface area contributed by atoms with Gasteiger partial charge in [0.15, 0.2) is 11.5 Å². The minimum Gasteiger partial charge on any atom is -0.493 e. The molecule has 1 N–H and O–H groups in total. The molecule has 0 spiro atoms. The first kappa shape index (κ1) is 19.2. The van der Waals surface area contributed by atoms with Crippen molar-refractivity contribution >= 4 is 5.91 Å². The molecule has 0 heterocycles. The van der Waals surface area contributed by atoms with Crippen LogP contribution in [0.1, 0.15) is 25.8 Å². The molecule has 1 amide bonds. The third kappa shape index (κ3) is 6.40. The maximum absolute atomic E-state index is 12.4. The molecule has 0 fully saturated rings. The van der Waals surface area contributed by atoms with Crippen LogP contribution in [0.3, 0.4) is 0 Å². The second-order valence-corrected chi connectivity index (χ2v) is 4.76. The SMILES string of the molecule is CCO[C@H](CC)C(=O)NCCc1ccc(OC)c(OC(F)F)c1. The molecule has 1 atom stereocenters. The fraction of sp³-hybridized carbons (Fsp3) is 0.562. The van der Waals surface area contributed by atoms with Crippen LogP contribution < -0.4 is 14.8 Å². The number of alkyl halides is 2. The summed E-state index contributed by atoms with van der Waals surface area (Å²) in [5.74, 6) is 0.0412. The quantitative estimate of drug-likeness (QED) is 0.716. The second kappa shape index (κ2) is 9.99. The van der Waals surface area contributed by atoms with Gasteiger partial charge < -0.3 is 19.5 Å². The number of methoxy groups -OCH3 is 1. The second-order valence-electron chi connectivity index (χ2n) is 4.76. The van der Waals surface area contributed by atoms with Crippen LogP contribution in [0.4, 0.5) is 8.78 Å². The van der Waals surface area contributed by atoms with Gasteiger partial charge in [0.25, 0.3) is 0 Å². The van der Waals surface area contributed by atoms with Gasteiger partial charge in [-0.25, -0.2) is 0 Å². The standard InChI is InChI=1S/C16H23F2NO4/c1-4-12(22-5-2)15(20)19-9-8-11-6-7-13(21-3)14(10-11)23-16(17)18/h6-7,10,12,16H,4-5,8-9H2,1-3H3,(H,19,20)/t12-/m1/s1. The van der Waals surface area contributed by atoms with Gasteiger partial charge in [0.05, 0.1) is 7.11 Å². The van der Waals surface area contributed by atoms with E-state index in [0.717, 1.165) is 5.56 Å². The van der Waals surface area contributed by atoms with Gasteiger partial charge >= 0.3 is 6.61 Å². The highest BCUT2D eigenvalue weighted by atomic mass is 19.3. The molecule has 130 valence electrons. The van der Waals surface area contributed by atoms with E-state index in [4.69, 9.17) is 9.47 Å². The zero-order valence-electron chi connectivity index (χ0n) is 13.6. The molecule has 0 aliphatic rings. The Morgan fingerprint density at radius 3 is 2.57 bits per heavy atom. The Morgan fingerprint density at radius 1 is 1.26 bits per heavy atom. The van der Waals surface area contributed by atoms with Gasteiger partial charge in [0.1, 0.15) is 6.10 Å². The van der Waals surface area contributed by atoms with Gasteiger partial charge in [-0.15, -0.1) is 0 Å². The zero-order valence-corrected chi connectivity index (χ0v) is 13.6. The summed E-state index contributed by atoms with van der Waals surface area (Å²) in [7, 11) is 1.38. The number of amides is 1. The summed E-state index contributed by atoms with van der Waals surface area (Å²) in [4.78, 5) is 11.9. The Morgan fingerprint density at radius 2 is 2.00 bits per heavy atom. The van der Waals surface area contributed by atoms with Gasteiger partial charge in [-0.05, 0) is 37.5 Å². The van der Waals surface area contributed by atoms with E-state index in [1.165, 1.54) is 13.2 Å². The third-order valence-electron chi connectivity index (χ3n) is 3.19. The molecule has 0 aromatic heterocycles. The Balaban J connectivity index is 2.59. The van der Waals surface area contributed by atoms with Crippen LogP contribution in [0.5, 0.6) is 11.5 Å². The van der Waals surface area contributed by atoms with Crippen LogP contribution in [0.25, 0.3) is 0 Å². The van der Waals surface area contributed by atoms with Gasteiger partial charge in [0, 0.05) is 13.2 Å². The van der Waals surface area contributed by atoms with E-state index >= 15 is 0 Å². The van der Waals surface area contributed by atoms with E-state index in [-0.39, 0.29) is 17.4 Å². The minimum atomic E-state index is -2.92. The first-order chi connectivity index (χ1) is 11.0. The lowest BCUT2D eigenvalue weighted by Gasteiger charge is -2.15. The predicted molar refractivity (Wildman–Crippen MR) is 82.0 cm³/mol. The van der Waals surface area contributed by atoms with Crippen molar-refractivity contribution in [3.63, 3.8) is 0 Å². The first-order valence-corrected chi connectivity index (χ1v) is 7.52. The molecule has 5 nitrogen and oxygen atoms in total. The molecule has 0 aliphatic carbocycles. The van der Waals surface area contributed by atoms with Crippen molar-refractivity contribution < 1.29 is 27.8 Å². The molecule has 0 saturated carbocycles. The Bertz CT molecular complexity index is 497. The van der Waals surface area contributed by atoms with Crippen molar-refractivity contribution in [3.8, 4) is 11.5 Å². The summed E-state index contributed by atoms with van der Waals surface area (Å²) in [6, 6.07) is 4.78. The van der Waals surface area contributed by atoms with Gasteiger partial charge in [-0.2, -0.15) is 8.78 Å². The highest BCUT2D eigenvalue weighted by molar-refractivity contribution is 5.80. The number of carbonyl (C=O) groups is 1. The average molecular weight is 331 g/mol. The van der Waals surface area contributed by atoms with Gasteiger partial charge in [-0.1, -0.05) is 13.0 Å². The summed E-state index contributed by atoms with van der Waals surface area (Å²) in [6.45, 7) is 1.63. The van der Waals surface area contributed by atoms with Crippen LogP contribution in [0.15, 0.2) is 18.2 Å². The molecule has 0 saturated heterocycles. The minimum absolute atomic E-state index is 0.0212. The molecule has 1 aromatic carbocycles. The monoisotopic (exact) mass is 331 g/mol. The van der Waals surface area contributed by atoms with Crippen molar-refractivity contribution in [2.75, 3.05) is 20.3 Å². The van der Waals surface area contributed by atoms with Crippen LogP contribution in [0.2, 0.25) is 0 Å². The van der Waals surface area contributed by atoms with Crippen LogP contribution in [-0.4, -0.2) is 38.9 Å². The Labute approximate surface area is 134 Å². The van der Waals surface area contributed by atoms with Gasteiger partial charge in [0.2, 0.25) is 5.91 Å². The first-order valence-electron chi connectivity index (χ1n) is 7.52. The smallest absolute Gasteiger partial charge is 0.387 e. The topological polar surface area (TPSA) is 56.8 Å². The zero-order chi connectivity index (χ0) is 17.2. The van der Waals surface area contributed by atoms with Crippen molar-refractivity contribution in [2.45, 2.75) is 39.4 Å². The summed E-state index contributed by atoms with van der Waals surface area (Å²) in [5, 5.41) is 2.77. The number of hydrogen-bond donors (Lipinski definition) is 1. The normalized spacial score (nSPS) is 12.1. The number of hydrogen-bond acceptors (Lipinski definition) is 4. The lowest BCUT2D eigenvalue weighted by Crippen LogP contribution is -2.37. The van der Waals surface area contributed by atoms with E-state index in [2.05, 4.69) is 10.1 Å². The highest BCUT2D eigenvalue weighted by Crippen LogP contribution is 2.29. The summed E-state index contributed by atoms with van der Waals surface area (Å²) in [6.07, 6.45) is 0.612. The molecule has 0 aliphatic heterocycles. The fourth-order valence-electron chi connectivity index (χ4n) is 2.09. The van der Waals surface area contributed by atoms with Gasteiger partial charge in [-0.3, -0.25) is 4.79 Å². The van der Waals surface area contributed by atoms with Crippen molar-refractivity contribution in [2.24, 2.45) is 0 Å². The largest absolute Gasteiger partial charge is 0.493 e. The summed E-state index contributed by atoms with van der Waals surface area (Å²) < 4.78 is 39.5. The molecule has 0 radical (unpaired) electrons. The number of rotatable bonds is 10. The molecule has 1 aromatic rings. The van der Waals surface area contributed by atoms with Crippen molar-refractivity contribution in [3.05, 3.63) is 23.8 Å². The summed E-state index contributed by atoms with van der Waals surface area (Å²) >= 11 is 0. The highest BCUT2D eigenvalue weighted by Gasteiger charge is 2.16. The van der Waals surface area contributed by atoms with E-state index in [0.29, 0.717) is 26.0 Å². The number of nitrogens with one attached hydrogen (secondary N) is 1. The lowest BCUT2D eigenvalue weighted by atomic mass is 10.1. The Kier molecular flexibility index (Phi) is 8.32. The van der Waals surface area contributed by atoms with Crippen molar-refractivity contribution in [1.82, 2.24) is 5.32 Å². The number of halogens is 2. The molecular formula is C16H23F2NO4. The molecule has 0 unspecified atom stereocenters. The van der Waals surface area contributed by atoms with E-state index < -0.39 is 12.7 Å². The lowest BCUT2D eigenvalue weighted by molar-refractivity contribution is -0.132. The molecule has 0 bridgehead atoms. The molecular weight excluding hydrogens is 308 g/mol. The average Bonchev–Trinajstić information content (AvgIpc) is 2.52. The molecule has 7 heteroatoms. The van der Waals surface area contributed by atoms with E-state index in [1.54, 1.807) is 12.1 Å². The predicted octanol–water partition coefficient (Wildman–Crippen LogP) is 2.77. The van der Waals surface area contributed by atoms with Crippen LogP contribution >= 0.6 is 0 Å². The van der Waals surface area contributed by atoms with Crippen LogP contribution in [0, 0.1) is 0 Å². The molecule has 1 rings (SSSR count). The maximum atomic E-state index is 12.4.